The van der Waals surface area contributed by atoms with Gasteiger partial charge in [0, 0.05) is 17.8 Å². The second kappa shape index (κ2) is 7.87. The minimum atomic E-state index is -1.33. The number of aliphatic hydroxyl groups is 1. The Balaban J connectivity index is 1.47. The fraction of sp³-hybridized carbons (Fsp3) is 0.636. The van der Waals surface area contributed by atoms with Crippen molar-refractivity contribution in [1.29, 1.82) is 2.61 Å². The Kier molecular flexibility index (Phi) is 4.91. The molecule has 1 aromatic carbocycles. The van der Waals surface area contributed by atoms with Crippen molar-refractivity contribution < 1.29 is 18.8 Å². The normalized spacial score (nSPS) is 38.0. The number of benzene rings is 1. The van der Waals surface area contributed by atoms with Crippen LogP contribution in [0.15, 0.2) is 29.8 Å². The fourth-order valence-electron chi connectivity index (χ4n) is 6.81. The van der Waals surface area contributed by atoms with Gasteiger partial charge < -0.3 is 18.8 Å². The third-order valence-corrected chi connectivity index (χ3v) is 8.70. The molecule has 0 amide bonds. The monoisotopic (exact) mass is 434 g/mol. The smallest absolute Gasteiger partial charge is 0.174 e. The lowest BCUT2D eigenvalue weighted by Crippen LogP contribution is -2.52. The van der Waals surface area contributed by atoms with E-state index in [9.17, 15) is 5.11 Å². The lowest BCUT2D eigenvalue weighted by atomic mass is 9.53. The molecule has 1 saturated heterocycles. The van der Waals surface area contributed by atoms with Gasteiger partial charge in [-0.25, -0.2) is 0 Å². The third-order valence-electron chi connectivity index (χ3n) is 7.87. The molecule has 4 nitrogen and oxygen atoms in total. The van der Waals surface area contributed by atoms with Gasteiger partial charge in [0.2, 0.25) is 0 Å². The SMILES string of the molecule is [2H]P([B][3H])SOc1ccc2c(c1)CCC1C2C(=CCO)CC2(C)C1CCC21OCCO1. The van der Waals surface area contributed by atoms with Crippen molar-refractivity contribution in [1.82, 2.24) is 0 Å². The average Bonchev–Trinajstić information content (AvgIpc) is 3.37. The molecule has 7 heteroatoms. The van der Waals surface area contributed by atoms with E-state index in [2.05, 4.69) is 19.1 Å². The summed E-state index contributed by atoms with van der Waals surface area (Å²) in [5.74, 6) is 1.68. The van der Waals surface area contributed by atoms with E-state index in [0.29, 0.717) is 31.0 Å². The number of hydrogen-bond acceptors (Lipinski definition) is 5. The molecule has 29 heavy (non-hydrogen) atoms. The molecule has 3 fully saturated rings. The predicted octanol–water partition coefficient (Wildman–Crippen LogP) is 4.25. The van der Waals surface area contributed by atoms with E-state index in [0.717, 1.165) is 57.0 Å². The number of aliphatic hydroxyl groups excluding tert-OH is 1. The highest BCUT2D eigenvalue weighted by Crippen LogP contribution is 2.67. The van der Waals surface area contributed by atoms with Crippen LogP contribution in [-0.2, 0) is 15.9 Å². The van der Waals surface area contributed by atoms with Crippen LogP contribution in [0.5, 0.6) is 5.75 Å². The maximum absolute atomic E-state index is 9.83. The van der Waals surface area contributed by atoms with Gasteiger partial charge in [0.05, 0.1) is 32.8 Å². The molecule has 0 aromatic heterocycles. The second-order valence-corrected chi connectivity index (χ2v) is 10.6. The maximum Gasteiger partial charge on any atom is 0.174 e. The quantitative estimate of drug-likeness (QED) is 0.325. The first-order chi connectivity index (χ1) is 15.0. The molecule has 1 heterocycles. The predicted molar refractivity (Wildman–Crippen MR) is 120 cm³/mol. The van der Waals surface area contributed by atoms with Crippen LogP contribution in [0.1, 0.15) is 49.7 Å². The van der Waals surface area contributed by atoms with Gasteiger partial charge in [0.1, 0.15) is 13.3 Å². The number of aryl methyl sites for hydroxylation is 1. The summed E-state index contributed by atoms with van der Waals surface area (Å²) in [6.45, 7) is 3.76. The minimum absolute atomic E-state index is 0.0534. The molecule has 1 N–H and O–H groups in total. The Morgan fingerprint density at radius 1 is 1.48 bits per heavy atom. The summed E-state index contributed by atoms with van der Waals surface area (Å²) < 4.78 is 33.1. The molecule has 2 saturated carbocycles. The topological polar surface area (TPSA) is 47.9 Å². The average molecular weight is 434 g/mol. The zero-order valence-electron chi connectivity index (χ0n) is 18.8. The van der Waals surface area contributed by atoms with Crippen molar-refractivity contribution in [2.24, 2.45) is 17.3 Å². The summed E-state index contributed by atoms with van der Waals surface area (Å²) in [7, 11) is -0.207. The summed E-state index contributed by atoms with van der Waals surface area (Å²) in [4.78, 5) is 0. The molecule has 155 valence electrons. The van der Waals surface area contributed by atoms with Crippen molar-refractivity contribution >= 4 is 26.8 Å². The van der Waals surface area contributed by atoms with Crippen LogP contribution in [0.25, 0.3) is 0 Å². The summed E-state index contributed by atoms with van der Waals surface area (Å²) in [5, 5.41) is 9.83. The Hall–Kier alpha value is -0.515. The number of fused-ring (bicyclic) bond motifs is 6. The molecular weight excluding hydrogens is 402 g/mol. The van der Waals surface area contributed by atoms with Crippen molar-refractivity contribution in [2.75, 3.05) is 19.8 Å². The van der Waals surface area contributed by atoms with Crippen molar-refractivity contribution in [3.8, 4) is 5.75 Å². The standard InChI is InChI=1S/C22H29BO4PS/c1-21-13-15(7-9-24)20-17-5-3-16(27-29-28-23)12-14(17)2-4-18(20)19(21)6-8-22(21)25-10-11-26-22/h3,5,7,12,18-20,23-24,28H,2,4,6,8-11,13H2,1H3/i23T,28D. The highest BCUT2D eigenvalue weighted by Gasteiger charge is 2.65. The van der Waals surface area contributed by atoms with Gasteiger partial charge in [-0.15, -0.1) is 0 Å². The summed E-state index contributed by atoms with van der Waals surface area (Å²) in [6.07, 6.45) is 7.13. The zero-order valence-corrected chi connectivity index (χ0v) is 18.5. The highest BCUT2D eigenvalue weighted by atomic mass is 32.7. The van der Waals surface area contributed by atoms with Crippen LogP contribution in [0, 0.1) is 17.3 Å². The van der Waals surface area contributed by atoms with Crippen LogP contribution in [0.3, 0.4) is 0 Å². The summed E-state index contributed by atoms with van der Waals surface area (Å²) >= 11 is 1.05. The Morgan fingerprint density at radius 2 is 2.34 bits per heavy atom. The zero-order chi connectivity index (χ0) is 21.6. The van der Waals surface area contributed by atoms with Gasteiger partial charge >= 0.3 is 0 Å². The Morgan fingerprint density at radius 3 is 3.14 bits per heavy atom. The van der Waals surface area contributed by atoms with E-state index in [1.807, 2.05) is 12.1 Å². The van der Waals surface area contributed by atoms with Crippen molar-refractivity contribution in [3.05, 3.63) is 41.0 Å². The van der Waals surface area contributed by atoms with Gasteiger partial charge in [0.25, 0.3) is 0 Å². The highest BCUT2D eigenvalue weighted by molar-refractivity contribution is 8.53. The van der Waals surface area contributed by atoms with E-state index >= 15 is 0 Å². The third kappa shape index (κ3) is 3.13. The molecule has 0 bridgehead atoms. The lowest BCUT2D eigenvalue weighted by Gasteiger charge is -2.54. The maximum atomic E-state index is 9.83. The fourth-order valence-corrected chi connectivity index (χ4v) is 7.43. The van der Waals surface area contributed by atoms with Crippen LogP contribution in [0.2, 0.25) is 0 Å². The first-order valence-electron chi connectivity index (χ1n) is 11.6. The molecule has 1 radical (unpaired) electrons. The number of ether oxygens (including phenoxy) is 2. The van der Waals surface area contributed by atoms with Crippen LogP contribution >= 0.6 is 19.3 Å². The molecular formula is C22H29BO4PS. The molecule has 5 rings (SSSR count). The number of rotatable bonds is 5. The first kappa shape index (κ1) is 18.1. The van der Waals surface area contributed by atoms with Gasteiger partial charge in [0.15, 0.2) is 5.79 Å². The molecule has 1 aromatic rings. The van der Waals surface area contributed by atoms with Gasteiger partial charge in [-0.05, 0) is 62.1 Å². The summed E-state index contributed by atoms with van der Waals surface area (Å²) in [5.41, 5.74) is 3.91. The van der Waals surface area contributed by atoms with Crippen LogP contribution in [-0.4, -0.2) is 40.9 Å². The molecule has 1 spiro atoms. The number of hydrogen-bond donors (Lipinski definition) is 1. The molecule has 5 unspecified atom stereocenters. The van der Waals surface area contributed by atoms with Gasteiger partial charge in [-0.2, -0.15) is 0 Å². The summed E-state index contributed by atoms with van der Waals surface area (Å²) in [6, 6.07) is 6.28. The van der Waals surface area contributed by atoms with Gasteiger partial charge in [-0.1, -0.05) is 32.2 Å². The molecule has 3 aliphatic carbocycles. The Bertz CT molecular complexity index is 868. The Labute approximate surface area is 182 Å². The van der Waals surface area contributed by atoms with E-state index in [1.54, 1.807) is 0 Å². The van der Waals surface area contributed by atoms with Crippen LogP contribution in [0.4, 0.5) is 0 Å². The number of allylic oxidation sites excluding steroid dienone is 1. The van der Waals surface area contributed by atoms with Crippen LogP contribution < -0.4 is 4.18 Å². The van der Waals surface area contributed by atoms with Crippen molar-refractivity contribution in [3.63, 3.8) is 0 Å². The molecule has 5 atom stereocenters. The minimum Gasteiger partial charge on any atom is -0.423 e. The molecule has 1 aliphatic heterocycles. The first-order valence-corrected chi connectivity index (χ1v) is 12.9. The molecule has 4 aliphatic rings. The van der Waals surface area contributed by atoms with Gasteiger partial charge in [-0.3, -0.25) is 0 Å². The van der Waals surface area contributed by atoms with Crippen molar-refractivity contribution in [2.45, 2.75) is 50.7 Å². The van der Waals surface area contributed by atoms with E-state index in [4.69, 9.17) is 16.3 Å². The van der Waals surface area contributed by atoms with E-state index in [-0.39, 0.29) is 12.0 Å². The van der Waals surface area contributed by atoms with E-state index in [1.165, 1.54) is 16.7 Å². The van der Waals surface area contributed by atoms with E-state index < -0.39 is 13.4 Å². The lowest BCUT2D eigenvalue weighted by molar-refractivity contribution is -0.232. The largest absolute Gasteiger partial charge is 0.423 e. The second-order valence-electron chi connectivity index (χ2n) is 8.95.